The number of carbonyl (C=O) groups is 1. The molecule has 0 aromatic heterocycles. The van der Waals surface area contributed by atoms with Gasteiger partial charge in [-0.1, -0.05) is 42.3 Å². The summed E-state index contributed by atoms with van der Waals surface area (Å²) in [6.07, 6.45) is 0. The minimum Gasteiger partial charge on any atom is -0.477 e. The van der Waals surface area contributed by atoms with E-state index in [0.29, 0.717) is 21.4 Å². The van der Waals surface area contributed by atoms with E-state index >= 15 is 0 Å². The van der Waals surface area contributed by atoms with Gasteiger partial charge in [0.05, 0.1) is 16.8 Å². The second kappa shape index (κ2) is 6.34. The van der Waals surface area contributed by atoms with Crippen LogP contribution in [0.25, 0.3) is 0 Å². The van der Waals surface area contributed by atoms with Crippen LogP contribution in [-0.4, -0.2) is 16.8 Å². The van der Waals surface area contributed by atoms with Crippen molar-refractivity contribution in [3.05, 3.63) is 58.1 Å². The van der Waals surface area contributed by atoms with Crippen molar-refractivity contribution < 1.29 is 9.90 Å². The molecule has 1 heterocycles. The van der Waals surface area contributed by atoms with Gasteiger partial charge in [0.15, 0.2) is 5.71 Å². The third-order valence-electron chi connectivity index (χ3n) is 4.04. The Hall–Kier alpha value is -2.24. The Balaban J connectivity index is 2.11. The van der Waals surface area contributed by atoms with Crippen LogP contribution in [0.5, 0.6) is 0 Å². The van der Waals surface area contributed by atoms with Crippen molar-refractivity contribution in [2.24, 2.45) is 11.0 Å². The topological polar surface area (TPSA) is 78.9 Å². The van der Waals surface area contributed by atoms with Gasteiger partial charge < -0.3 is 10.8 Å². The smallest absolute Gasteiger partial charge is 0.352 e. The molecular formula is C17H15Cl2N3O2. The van der Waals surface area contributed by atoms with Crippen molar-refractivity contribution in [1.82, 2.24) is 0 Å². The Bertz CT molecular complexity index is 821. The summed E-state index contributed by atoms with van der Waals surface area (Å²) in [6, 6.07) is 12.0. The minimum absolute atomic E-state index is 0.0860. The second-order valence-corrected chi connectivity index (χ2v) is 6.47. The van der Waals surface area contributed by atoms with E-state index in [1.165, 1.54) is 0 Å². The van der Waals surface area contributed by atoms with Gasteiger partial charge in [-0.2, -0.15) is 5.10 Å². The Labute approximate surface area is 149 Å². The molecule has 0 bridgehead atoms. The maximum atomic E-state index is 11.5. The fourth-order valence-corrected chi connectivity index (χ4v) is 3.36. The molecule has 1 aliphatic rings. The lowest BCUT2D eigenvalue weighted by molar-refractivity contribution is -0.129. The molecule has 24 heavy (non-hydrogen) atoms. The zero-order valence-electron chi connectivity index (χ0n) is 12.8. The average Bonchev–Trinajstić information content (AvgIpc) is 2.86. The monoisotopic (exact) mass is 363 g/mol. The van der Waals surface area contributed by atoms with E-state index in [9.17, 15) is 9.90 Å². The van der Waals surface area contributed by atoms with Crippen molar-refractivity contribution in [2.75, 3.05) is 10.7 Å². The van der Waals surface area contributed by atoms with Gasteiger partial charge in [-0.3, -0.25) is 5.01 Å². The third kappa shape index (κ3) is 2.92. The SMILES string of the molecule is CC1C(C(=O)O)=NN(c2ccc(Cl)cc2Cl)C1c1ccc(N)cc1. The summed E-state index contributed by atoms with van der Waals surface area (Å²) in [7, 11) is 0. The Morgan fingerprint density at radius 3 is 2.46 bits per heavy atom. The quantitative estimate of drug-likeness (QED) is 0.800. The zero-order chi connectivity index (χ0) is 17.4. The number of hydrazone groups is 1. The van der Waals surface area contributed by atoms with Crippen molar-refractivity contribution >= 4 is 46.3 Å². The predicted octanol–water partition coefficient (Wildman–Crippen LogP) is 4.21. The number of hydrogen-bond donors (Lipinski definition) is 2. The molecule has 0 aliphatic carbocycles. The van der Waals surface area contributed by atoms with E-state index in [0.717, 1.165) is 5.56 Å². The first-order chi connectivity index (χ1) is 11.4. The molecule has 2 aromatic carbocycles. The zero-order valence-corrected chi connectivity index (χ0v) is 14.3. The van der Waals surface area contributed by atoms with E-state index in [2.05, 4.69) is 5.10 Å². The van der Waals surface area contributed by atoms with E-state index in [1.54, 1.807) is 35.3 Å². The molecule has 5 nitrogen and oxygen atoms in total. The van der Waals surface area contributed by atoms with E-state index < -0.39 is 5.97 Å². The summed E-state index contributed by atoms with van der Waals surface area (Å²) >= 11 is 12.3. The maximum Gasteiger partial charge on any atom is 0.352 e. The predicted molar refractivity (Wildman–Crippen MR) is 96.8 cm³/mol. The van der Waals surface area contributed by atoms with Gasteiger partial charge in [-0.25, -0.2) is 4.79 Å². The van der Waals surface area contributed by atoms with Gasteiger partial charge >= 0.3 is 5.97 Å². The molecule has 0 amide bonds. The molecule has 0 saturated carbocycles. The first-order valence-corrected chi connectivity index (χ1v) is 8.05. The minimum atomic E-state index is -1.05. The van der Waals surface area contributed by atoms with E-state index in [1.807, 2.05) is 19.1 Å². The number of anilines is 2. The van der Waals surface area contributed by atoms with Crippen molar-refractivity contribution in [3.63, 3.8) is 0 Å². The summed E-state index contributed by atoms with van der Waals surface area (Å²) in [6.45, 7) is 1.83. The molecular weight excluding hydrogens is 349 g/mol. The summed E-state index contributed by atoms with van der Waals surface area (Å²) in [5, 5.41) is 16.3. The van der Waals surface area contributed by atoms with E-state index in [-0.39, 0.29) is 17.7 Å². The highest BCUT2D eigenvalue weighted by atomic mass is 35.5. The fourth-order valence-electron chi connectivity index (χ4n) is 2.86. The largest absolute Gasteiger partial charge is 0.477 e. The fraction of sp³-hybridized carbons (Fsp3) is 0.176. The summed E-state index contributed by atoms with van der Waals surface area (Å²) in [5.41, 5.74) is 7.98. The second-order valence-electron chi connectivity index (χ2n) is 5.63. The Morgan fingerprint density at radius 2 is 1.88 bits per heavy atom. The van der Waals surface area contributed by atoms with Crippen LogP contribution in [0.3, 0.4) is 0 Å². The molecule has 0 fully saturated rings. The molecule has 1 aliphatic heterocycles. The number of halogens is 2. The summed E-state index contributed by atoms with van der Waals surface area (Å²) < 4.78 is 0. The summed E-state index contributed by atoms with van der Waals surface area (Å²) in [5.74, 6) is -1.37. The number of carboxylic acids is 1. The lowest BCUT2D eigenvalue weighted by Crippen LogP contribution is -2.26. The number of aliphatic carboxylic acids is 1. The van der Waals surface area contributed by atoms with Crippen LogP contribution in [0.2, 0.25) is 10.0 Å². The number of rotatable bonds is 3. The number of nitrogen functional groups attached to an aromatic ring is 1. The van der Waals surface area contributed by atoms with Crippen molar-refractivity contribution in [3.8, 4) is 0 Å². The molecule has 124 valence electrons. The van der Waals surface area contributed by atoms with Crippen LogP contribution in [0.15, 0.2) is 47.6 Å². The molecule has 2 unspecified atom stereocenters. The van der Waals surface area contributed by atoms with Crippen LogP contribution in [0, 0.1) is 5.92 Å². The molecule has 0 spiro atoms. The van der Waals surface area contributed by atoms with Crippen LogP contribution in [0.1, 0.15) is 18.5 Å². The molecule has 7 heteroatoms. The first kappa shape index (κ1) is 16.6. The highest BCUT2D eigenvalue weighted by Gasteiger charge is 2.39. The van der Waals surface area contributed by atoms with Gasteiger partial charge in [0.2, 0.25) is 0 Å². The number of nitrogens with two attached hydrogens (primary N) is 1. The van der Waals surface area contributed by atoms with Gasteiger partial charge in [0.25, 0.3) is 0 Å². The third-order valence-corrected chi connectivity index (χ3v) is 4.58. The molecule has 3 rings (SSSR count). The van der Waals surface area contributed by atoms with Crippen LogP contribution in [0.4, 0.5) is 11.4 Å². The average molecular weight is 364 g/mol. The highest BCUT2D eigenvalue weighted by molar-refractivity contribution is 6.38. The Morgan fingerprint density at radius 1 is 1.21 bits per heavy atom. The van der Waals surface area contributed by atoms with Crippen LogP contribution < -0.4 is 10.7 Å². The lowest BCUT2D eigenvalue weighted by Gasteiger charge is -2.27. The van der Waals surface area contributed by atoms with Crippen LogP contribution >= 0.6 is 23.2 Å². The Kier molecular flexibility index (Phi) is 4.39. The molecule has 2 aromatic rings. The summed E-state index contributed by atoms with van der Waals surface area (Å²) in [4.78, 5) is 11.5. The molecule has 3 N–H and O–H groups in total. The normalized spacial score (nSPS) is 20.1. The van der Waals surface area contributed by atoms with Crippen LogP contribution in [-0.2, 0) is 4.79 Å². The number of benzene rings is 2. The number of carboxylic acid groups (broad SMARTS) is 1. The van der Waals surface area contributed by atoms with Gasteiger partial charge in [-0.05, 0) is 35.9 Å². The standard InChI is InChI=1S/C17H15Cl2N3O2/c1-9-15(17(23)24)21-22(14-7-4-11(18)8-13(14)19)16(9)10-2-5-12(20)6-3-10/h2-9,16H,20H2,1H3,(H,23,24). The molecule has 2 atom stereocenters. The molecule has 0 saturated heterocycles. The van der Waals surface area contributed by atoms with Gasteiger partial charge in [0, 0.05) is 16.6 Å². The van der Waals surface area contributed by atoms with Crippen molar-refractivity contribution in [2.45, 2.75) is 13.0 Å². The maximum absolute atomic E-state index is 11.5. The highest BCUT2D eigenvalue weighted by Crippen LogP contribution is 2.42. The first-order valence-electron chi connectivity index (χ1n) is 7.30. The van der Waals surface area contributed by atoms with Gasteiger partial charge in [0.1, 0.15) is 0 Å². The van der Waals surface area contributed by atoms with Gasteiger partial charge in [-0.15, -0.1) is 0 Å². The van der Waals surface area contributed by atoms with Crippen molar-refractivity contribution in [1.29, 1.82) is 0 Å². The lowest BCUT2D eigenvalue weighted by atomic mass is 9.91. The van der Waals surface area contributed by atoms with E-state index in [4.69, 9.17) is 28.9 Å². The number of hydrogen-bond acceptors (Lipinski definition) is 4. The number of nitrogens with zero attached hydrogens (tertiary/aromatic N) is 2. The molecule has 0 radical (unpaired) electrons.